The van der Waals surface area contributed by atoms with Crippen molar-refractivity contribution in [2.24, 2.45) is 0 Å². The third kappa shape index (κ3) is 4.82. The van der Waals surface area contributed by atoms with Crippen LogP contribution in [0.15, 0.2) is 36.7 Å². The van der Waals surface area contributed by atoms with Crippen LogP contribution in [0.25, 0.3) is 10.9 Å². The minimum atomic E-state index is -0.467. The van der Waals surface area contributed by atoms with E-state index < -0.39 is 6.09 Å². The van der Waals surface area contributed by atoms with Gasteiger partial charge in [-0.2, -0.15) is 0 Å². The van der Waals surface area contributed by atoms with Crippen molar-refractivity contribution in [2.75, 3.05) is 53.5 Å². The predicted octanol–water partition coefficient (Wildman–Crippen LogP) is 3.38. The summed E-state index contributed by atoms with van der Waals surface area (Å²) in [7, 11) is 7.70. The number of nitrogens with zero attached hydrogens (tertiary/aromatic N) is 3. The highest BCUT2D eigenvalue weighted by molar-refractivity contribution is 5.97. The summed E-state index contributed by atoms with van der Waals surface area (Å²) in [5.41, 5.74) is 1.75. The van der Waals surface area contributed by atoms with Gasteiger partial charge in [0.25, 0.3) is 0 Å². The molecule has 1 amide bonds. The van der Waals surface area contributed by atoms with E-state index >= 15 is 0 Å². The molecule has 0 aliphatic carbocycles. The van der Waals surface area contributed by atoms with Gasteiger partial charge in [0.1, 0.15) is 23.4 Å². The van der Waals surface area contributed by atoms with Gasteiger partial charge in [0, 0.05) is 19.0 Å². The Hall–Kier alpha value is -3.95. The lowest BCUT2D eigenvalue weighted by atomic mass is 9.88. The molecule has 0 radical (unpaired) electrons. The zero-order valence-electron chi connectivity index (χ0n) is 20.5. The largest absolute Gasteiger partial charge is 0.497 e. The van der Waals surface area contributed by atoms with E-state index in [1.165, 1.54) is 13.4 Å². The molecule has 35 heavy (non-hydrogen) atoms. The summed E-state index contributed by atoms with van der Waals surface area (Å²) >= 11 is 0. The predicted molar refractivity (Wildman–Crippen MR) is 131 cm³/mol. The van der Waals surface area contributed by atoms with Crippen molar-refractivity contribution in [3.05, 3.63) is 42.2 Å². The van der Waals surface area contributed by atoms with E-state index in [0.717, 1.165) is 23.1 Å². The molecular formula is C25H30N4O6. The van der Waals surface area contributed by atoms with Gasteiger partial charge in [-0.05, 0) is 30.2 Å². The van der Waals surface area contributed by atoms with Crippen molar-refractivity contribution in [2.45, 2.75) is 18.4 Å². The maximum absolute atomic E-state index is 12.1. The molecule has 2 unspecified atom stereocenters. The Morgan fingerprint density at radius 3 is 2.31 bits per heavy atom. The molecule has 2 aromatic carbocycles. The summed E-state index contributed by atoms with van der Waals surface area (Å²) < 4.78 is 26.9. The second kappa shape index (κ2) is 10.5. The minimum Gasteiger partial charge on any atom is -0.497 e. The molecule has 1 fully saturated rings. The Morgan fingerprint density at radius 1 is 0.943 bits per heavy atom. The third-order valence-corrected chi connectivity index (χ3v) is 6.26. The summed E-state index contributed by atoms with van der Waals surface area (Å²) in [6.45, 7) is 1.24. The number of nitrogens with one attached hydrogen (secondary N) is 1. The highest BCUT2D eigenvalue weighted by Gasteiger charge is 2.32. The number of fused-ring (bicyclic) bond motifs is 1. The highest BCUT2D eigenvalue weighted by atomic mass is 16.5. The zero-order chi connectivity index (χ0) is 24.9. The Bertz CT molecular complexity index is 1190. The van der Waals surface area contributed by atoms with Gasteiger partial charge >= 0.3 is 6.09 Å². The van der Waals surface area contributed by atoms with Crippen LogP contribution in [0.4, 0.5) is 10.6 Å². The number of amides is 1. The first-order chi connectivity index (χ1) is 17.0. The number of aromatic nitrogens is 2. The zero-order valence-corrected chi connectivity index (χ0v) is 20.5. The fraction of sp³-hybridized carbons (Fsp3) is 0.400. The van der Waals surface area contributed by atoms with Crippen molar-refractivity contribution in [1.29, 1.82) is 0 Å². The van der Waals surface area contributed by atoms with Gasteiger partial charge in [0.15, 0.2) is 11.5 Å². The molecule has 10 heteroatoms. The lowest BCUT2D eigenvalue weighted by molar-refractivity contribution is 0.164. The maximum atomic E-state index is 12.1. The summed E-state index contributed by atoms with van der Waals surface area (Å²) in [5, 5.41) is 3.72. The number of carbonyl (C=O) groups excluding carboxylic acids is 1. The molecule has 2 atom stereocenters. The van der Waals surface area contributed by atoms with Crippen LogP contribution in [-0.4, -0.2) is 70.7 Å². The van der Waals surface area contributed by atoms with E-state index in [4.69, 9.17) is 23.7 Å². The number of hydrogen-bond donors (Lipinski definition) is 1. The average molecular weight is 483 g/mol. The van der Waals surface area contributed by atoms with E-state index in [0.29, 0.717) is 41.7 Å². The molecule has 1 aromatic heterocycles. The van der Waals surface area contributed by atoms with Crippen LogP contribution >= 0.6 is 0 Å². The van der Waals surface area contributed by atoms with E-state index in [1.807, 2.05) is 18.2 Å². The number of anilines is 1. The Kier molecular flexibility index (Phi) is 7.28. The van der Waals surface area contributed by atoms with Crippen molar-refractivity contribution in [3.63, 3.8) is 0 Å². The van der Waals surface area contributed by atoms with Crippen LogP contribution in [0.2, 0.25) is 0 Å². The van der Waals surface area contributed by atoms with Gasteiger partial charge in [0.05, 0.1) is 47.0 Å². The fourth-order valence-corrected chi connectivity index (χ4v) is 4.62. The van der Waals surface area contributed by atoms with Crippen LogP contribution in [-0.2, 0) is 4.74 Å². The molecule has 0 spiro atoms. The molecule has 10 nitrogen and oxygen atoms in total. The number of rotatable bonds is 7. The highest BCUT2D eigenvalue weighted by Crippen LogP contribution is 2.45. The van der Waals surface area contributed by atoms with Gasteiger partial charge in [-0.15, -0.1) is 0 Å². The van der Waals surface area contributed by atoms with Gasteiger partial charge in [0.2, 0.25) is 5.75 Å². The lowest BCUT2D eigenvalue weighted by Gasteiger charge is -2.39. The van der Waals surface area contributed by atoms with Crippen molar-refractivity contribution >= 4 is 22.8 Å². The molecule has 1 saturated heterocycles. The molecule has 2 heterocycles. The van der Waals surface area contributed by atoms with Gasteiger partial charge in [-0.1, -0.05) is 12.1 Å². The minimum absolute atomic E-state index is 0.129. The van der Waals surface area contributed by atoms with Gasteiger partial charge in [-0.3, -0.25) is 0 Å². The van der Waals surface area contributed by atoms with Crippen molar-refractivity contribution in [1.82, 2.24) is 15.3 Å². The Morgan fingerprint density at radius 2 is 1.69 bits per heavy atom. The summed E-state index contributed by atoms with van der Waals surface area (Å²) in [6.07, 6.45) is 1.79. The SMILES string of the molecule is COC(=O)NC1CC(c2ccc(OC)cc2)CN(c2ncnc3c(OC)c(OC)c(OC)cc23)C1. The molecule has 186 valence electrons. The molecule has 1 N–H and O–H groups in total. The quantitative estimate of drug-likeness (QED) is 0.543. The van der Waals surface area contributed by atoms with E-state index in [2.05, 4.69) is 32.3 Å². The second-order valence-electron chi connectivity index (χ2n) is 8.18. The number of methoxy groups -OCH3 is 5. The van der Waals surface area contributed by atoms with E-state index in [-0.39, 0.29) is 12.0 Å². The molecule has 1 aliphatic heterocycles. The van der Waals surface area contributed by atoms with Gasteiger partial charge < -0.3 is 33.9 Å². The normalized spacial score (nSPS) is 17.6. The van der Waals surface area contributed by atoms with E-state index in [1.54, 1.807) is 28.4 Å². The molecule has 3 aromatic rings. The van der Waals surface area contributed by atoms with Crippen LogP contribution in [0.5, 0.6) is 23.0 Å². The number of ether oxygens (including phenoxy) is 5. The smallest absolute Gasteiger partial charge is 0.407 e. The van der Waals surface area contributed by atoms with E-state index in [9.17, 15) is 4.79 Å². The van der Waals surface area contributed by atoms with Crippen LogP contribution < -0.4 is 29.2 Å². The number of piperidine rings is 1. The number of benzene rings is 2. The topological polar surface area (TPSA) is 104 Å². The summed E-state index contributed by atoms with van der Waals surface area (Å²) in [6, 6.07) is 9.69. The first-order valence-corrected chi connectivity index (χ1v) is 11.2. The molecule has 4 rings (SSSR count). The first kappa shape index (κ1) is 24.2. The fourth-order valence-electron chi connectivity index (χ4n) is 4.62. The van der Waals surface area contributed by atoms with Crippen LogP contribution in [0.3, 0.4) is 0 Å². The molecular weight excluding hydrogens is 452 g/mol. The van der Waals surface area contributed by atoms with Crippen LogP contribution in [0, 0.1) is 0 Å². The molecule has 0 bridgehead atoms. The molecule has 0 saturated carbocycles. The summed E-state index contributed by atoms with van der Waals surface area (Å²) in [4.78, 5) is 23.3. The number of alkyl carbamates (subject to hydrolysis) is 1. The molecule has 1 aliphatic rings. The van der Waals surface area contributed by atoms with Gasteiger partial charge in [-0.25, -0.2) is 14.8 Å². The monoisotopic (exact) mass is 482 g/mol. The van der Waals surface area contributed by atoms with Crippen molar-refractivity contribution < 1.29 is 28.5 Å². The lowest BCUT2D eigenvalue weighted by Crippen LogP contribution is -2.50. The van der Waals surface area contributed by atoms with Crippen LogP contribution in [0.1, 0.15) is 17.9 Å². The number of hydrogen-bond acceptors (Lipinski definition) is 9. The number of carbonyl (C=O) groups is 1. The first-order valence-electron chi connectivity index (χ1n) is 11.2. The third-order valence-electron chi connectivity index (χ3n) is 6.26. The Labute approximate surface area is 204 Å². The van der Waals surface area contributed by atoms with Crippen molar-refractivity contribution in [3.8, 4) is 23.0 Å². The average Bonchev–Trinajstić information content (AvgIpc) is 2.91. The Balaban J connectivity index is 1.78. The maximum Gasteiger partial charge on any atom is 0.407 e. The summed E-state index contributed by atoms with van der Waals surface area (Å²) in [5.74, 6) is 3.08. The second-order valence-corrected chi connectivity index (χ2v) is 8.18. The standard InChI is InChI=1S/C25H30N4O6/c1-31-18-8-6-15(7-9-18)16-10-17(28-25(30)35-5)13-29(12-16)24-19-11-20(32-2)22(33-3)23(34-4)21(19)26-14-27-24/h6-9,11,14,16-17H,10,12-13H2,1-5H3,(H,28,30).